The molecule has 0 spiro atoms. The first-order chi connectivity index (χ1) is 10.6. The summed E-state index contributed by atoms with van der Waals surface area (Å²) >= 11 is 0. The number of nitrogens with one attached hydrogen (secondary N) is 1. The highest BCUT2D eigenvalue weighted by Gasteiger charge is 2.13. The summed E-state index contributed by atoms with van der Waals surface area (Å²) in [5.41, 5.74) is 6.18. The van der Waals surface area contributed by atoms with Crippen molar-refractivity contribution in [3.63, 3.8) is 0 Å². The number of nitrogens with zero attached hydrogens (tertiary/aromatic N) is 2. The fraction of sp³-hybridized carbons (Fsp3) is 0.375. The number of hydrogen-bond donors (Lipinski definition) is 2. The lowest BCUT2D eigenvalue weighted by Gasteiger charge is -2.22. The molecule has 118 valence electrons. The fourth-order valence-electron chi connectivity index (χ4n) is 2.06. The normalized spacial score (nSPS) is 13.5. The molecule has 0 fully saturated rings. The Bertz CT molecular complexity index is 581. The van der Waals surface area contributed by atoms with Gasteiger partial charge in [-0.05, 0) is 37.6 Å². The monoisotopic (exact) mass is 302 g/mol. The van der Waals surface area contributed by atoms with Crippen LogP contribution in [0.1, 0.15) is 25.5 Å². The number of benzene rings is 1. The van der Waals surface area contributed by atoms with Crippen LogP contribution in [-0.2, 0) is 11.3 Å². The fourth-order valence-corrected chi connectivity index (χ4v) is 2.06. The summed E-state index contributed by atoms with van der Waals surface area (Å²) in [5, 5.41) is 7.74. The second kappa shape index (κ2) is 7.61. The Labute approximate surface area is 130 Å². The van der Waals surface area contributed by atoms with Gasteiger partial charge in [-0.1, -0.05) is 12.1 Å². The summed E-state index contributed by atoms with van der Waals surface area (Å²) in [6.07, 6.45) is 3.75. The Balaban J connectivity index is 1.82. The summed E-state index contributed by atoms with van der Waals surface area (Å²) in [6.45, 7) is 4.92. The number of hydrogen-bond acceptors (Lipinski definition) is 4. The lowest BCUT2D eigenvalue weighted by molar-refractivity contribution is -0.119. The van der Waals surface area contributed by atoms with Gasteiger partial charge in [0.05, 0.1) is 6.04 Å². The van der Waals surface area contributed by atoms with Crippen LogP contribution in [0.5, 0.6) is 5.75 Å². The second-order valence-corrected chi connectivity index (χ2v) is 5.30. The quantitative estimate of drug-likeness (QED) is 0.774. The maximum absolute atomic E-state index is 10.7. The zero-order chi connectivity index (χ0) is 15.9. The molecular weight excluding hydrogens is 280 g/mol. The van der Waals surface area contributed by atoms with E-state index in [4.69, 9.17) is 10.5 Å². The summed E-state index contributed by atoms with van der Waals surface area (Å²) in [4.78, 5) is 10.7. The van der Waals surface area contributed by atoms with E-state index in [0.29, 0.717) is 5.75 Å². The number of amides is 1. The Morgan fingerprint density at radius 3 is 2.68 bits per heavy atom. The van der Waals surface area contributed by atoms with E-state index in [2.05, 4.69) is 24.3 Å². The number of carbonyl (C=O) groups is 1. The third-order valence-electron chi connectivity index (χ3n) is 3.60. The van der Waals surface area contributed by atoms with Gasteiger partial charge >= 0.3 is 0 Å². The van der Waals surface area contributed by atoms with Crippen LogP contribution in [0.15, 0.2) is 42.7 Å². The zero-order valence-corrected chi connectivity index (χ0v) is 12.9. The number of primary amides is 1. The van der Waals surface area contributed by atoms with E-state index in [9.17, 15) is 4.79 Å². The molecule has 1 amide bonds. The first kappa shape index (κ1) is 16.0. The average Bonchev–Trinajstić information content (AvgIpc) is 3.05. The van der Waals surface area contributed by atoms with Crippen molar-refractivity contribution in [2.75, 3.05) is 6.61 Å². The molecular formula is C16H22N4O2. The van der Waals surface area contributed by atoms with Crippen LogP contribution >= 0.6 is 0 Å². The van der Waals surface area contributed by atoms with Gasteiger partial charge in [-0.3, -0.25) is 9.48 Å². The lowest BCUT2D eigenvalue weighted by Crippen LogP contribution is -2.33. The van der Waals surface area contributed by atoms with Crippen LogP contribution in [0.2, 0.25) is 0 Å². The highest BCUT2D eigenvalue weighted by molar-refractivity contribution is 5.75. The van der Waals surface area contributed by atoms with Crippen LogP contribution in [0.4, 0.5) is 0 Å². The van der Waals surface area contributed by atoms with E-state index in [0.717, 1.165) is 12.1 Å². The highest BCUT2D eigenvalue weighted by atomic mass is 16.5. The maximum Gasteiger partial charge on any atom is 0.255 e. The highest BCUT2D eigenvalue weighted by Crippen LogP contribution is 2.13. The number of rotatable bonds is 8. The zero-order valence-electron chi connectivity index (χ0n) is 12.9. The van der Waals surface area contributed by atoms with Crippen LogP contribution in [0.25, 0.3) is 0 Å². The molecule has 0 aliphatic heterocycles. The van der Waals surface area contributed by atoms with Crippen molar-refractivity contribution in [2.24, 2.45) is 5.73 Å². The van der Waals surface area contributed by atoms with Crippen LogP contribution in [-0.4, -0.2) is 28.3 Å². The minimum atomic E-state index is -0.479. The molecule has 6 nitrogen and oxygen atoms in total. The average molecular weight is 302 g/mol. The predicted octanol–water partition coefficient (Wildman–Crippen LogP) is 1.49. The minimum absolute atomic E-state index is 0.101. The van der Waals surface area contributed by atoms with Gasteiger partial charge in [0.25, 0.3) is 5.91 Å². The van der Waals surface area contributed by atoms with Gasteiger partial charge in [0.15, 0.2) is 6.61 Å². The minimum Gasteiger partial charge on any atom is -0.484 e. The van der Waals surface area contributed by atoms with Gasteiger partial charge in [0.2, 0.25) is 0 Å². The number of carbonyl (C=O) groups excluding carboxylic acids is 1. The SMILES string of the molecule is CC(NCc1ccc(OCC(N)=O)cc1)C(C)n1cccn1. The van der Waals surface area contributed by atoms with E-state index < -0.39 is 5.91 Å². The molecule has 2 aromatic rings. The molecule has 6 heteroatoms. The van der Waals surface area contributed by atoms with E-state index in [1.807, 2.05) is 41.2 Å². The number of aromatic nitrogens is 2. The van der Waals surface area contributed by atoms with Gasteiger partial charge in [0.1, 0.15) is 5.75 Å². The molecule has 0 aliphatic carbocycles. The number of ether oxygens (including phenoxy) is 1. The maximum atomic E-state index is 10.7. The largest absolute Gasteiger partial charge is 0.484 e. The van der Waals surface area contributed by atoms with E-state index in [1.54, 1.807) is 6.20 Å². The molecule has 2 unspecified atom stereocenters. The molecule has 1 heterocycles. The van der Waals surface area contributed by atoms with Gasteiger partial charge in [-0.2, -0.15) is 5.10 Å². The third-order valence-corrected chi connectivity index (χ3v) is 3.60. The van der Waals surface area contributed by atoms with Crippen LogP contribution < -0.4 is 15.8 Å². The predicted molar refractivity (Wildman–Crippen MR) is 84.4 cm³/mol. The molecule has 1 aromatic carbocycles. The van der Waals surface area contributed by atoms with Crippen molar-refractivity contribution in [3.05, 3.63) is 48.3 Å². The smallest absolute Gasteiger partial charge is 0.255 e. The van der Waals surface area contributed by atoms with Crippen molar-refractivity contribution in [3.8, 4) is 5.75 Å². The van der Waals surface area contributed by atoms with Crippen LogP contribution in [0.3, 0.4) is 0 Å². The van der Waals surface area contributed by atoms with E-state index in [1.165, 1.54) is 0 Å². The molecule has 2 atom stereocenters. The summed E-state index contributed by atoms with van der Waals surface area (Å²) in [7, 11) is 0. The first-order valence-electron chi connectivity index (χ1n) is 7.29. The van der Waals surface area contributed by atoms with E-state index in [-0.39, 0.29) is 18.7 Å². The van der Waals surface area contributed by atoms with Gasteiger partial charge in [0, 0.05) is 25.0 Å². The van der Waals surface area contributed by atoms with Crippen LogP contribution in [0, 0.1) is 0 Å². The molecule has 0 radical (unpaired) electrons. The lowest BCUT2D eigenvalue weighted by atomic mass is 10.1. The van der Waals surface area contributed by atoms with Crippen molar-refractivity contribution in [1.29, 1.82) is 0 Å². The Hall–Kier alpha value is -2.34. The summed E-state index contributed by atoms with van der Waals surface area (Å²) in [6, 6.07) is 10.1. The first-order valence-corrected chi connectivity index (χ1v) is 7.29. The van der Waals surface area contributed by atoms with Crippen molar-refractivity contribution >= 4 is 5.91 Å². The molecule has 1 aromatic heterocycles. The molecule has 0 saturated carbocycles. The standard InChI is InChI=1S/C16H22N4O2/c1-12(13(2)20-9-3-8-19-20)18-10-14-4-6-15(7-5-14)22-11-16(17)21/h3-9,12-13,18H,10-11H2,1-2H3,(H2,17,21). The van der Waals surface area contributed by atoms with Crippen molar-refractivity contribution in [2.45, 2.75) is 32.5 Å². The summed E-state index contributed by atoms with van der Waals surface area (Å²) < 4.78 is 7.17. The topological polar surface area (TPSA) is 82.2 Å². The summed E-state index contributed by atoms with van der Waals surface area (Å²) in [5.74, 6) is 0.160. The molecule has 3 N–H and O–H groups in total. The van der Waals surface area contributed by atoms with Gasteiger partial charge in [-0.25, -0.2) is 0 Å². The van der Waals surface area contributed by atoms with Gasteiger partial charge < -0.3 is 15.8 Å². The van der Waals surface area contributed by atoms with Crippen molar-refractivity contribution < 1.29 is 9.53 Å². The molecule has 0 saturated heterocycles. The second-order valence-electron chi connectivity index (χ2n) is 5.30. The Morgan fingerprint density at radius 1 is 1.36 bits per heavy atom. The molecule has 2 rings (SSSR count). The number of nitrogens with two attached hydrogens (primary N) is 1. The van der Waals surface area contributed by atoms with Crippen molar-refractivity contribution in [1.82, 2.24) is 15.1 Å². The Kier molecular flexibility index (Phi) is 5.55. The van der Waals surface area contributed by atoms with Gasteiger partial charge in [-0.15, -0.1) is 0 Å². The molecule has 22 heavy (non-hydrogen) atoms. The third kappa shape index (κ3) is 4.60. The Morgan fingerprint density at radius 2 is 2.09 bits per heavy atom. The molecule has 0 bridgehead atoms. The molecule has 0 aliphatic rings. The van der Waals surface area contributed by atoms with E-state index >= 15 is 0 Å².